The number of hydrogen-bond donors (Lipinski definition) is 3. The largest absolute Gasteiger partial charge is 0.353 e. The van der Waals surface area contributed by atoms with Gasteiger partial charge in [0.25, 0.3) is 0 Å². The Kier molecular flexibility index (Phi) is 5.21. The van der Waals surface area contributed by atoms with Crippen molar-refractivity contribution in [3.8, 4) is 0 Å². The molecule has 9 heteroatoms. The molecule has 1 atom stereocenters. The second-order valence-corrected chi connectivity index (χ2v) is 6.71. The predicted molar refractivity (Wildman–Crippen MR) is 89.1 cm³/mol. The number of nitrogens with zero attached hydrogens (tertiary/aromatic N) is 3. The highest BCUT2D eigenvalue weighted by atomic mass is 32.1. The lowest BCUT2D eigenvalue weighted by Gasteiger charge is -2.34. The van der Waals surface area contributed by atoms with Crippen LogP contribution in [0.25, 0.3) is 0 Å². The van der Waals surface area contributed by atoms with Gasteiger partial charge in [0.2, 0.25) is 11.8 Å². The second-order valence-electron chi connectivity index (χ2n) is 5.67. The van der Waals surface area contributed by atoms with Crippen molar-refractivity contribution in [3.63, 3.8) is 0 Å². The summed E-state index contributed by atoms with van der Waals surface area (Å²) in [6.45, 7) is 4.08. The van der Waals surface area contributed by atoms with Gasteiger partial charge in [-0.15, -0.1) is 11.3 Å². The van der Waals surface area contributed by atoms with E-state index in [-0.39, 0.29) is 24.8 Å². The van der Waals surface area contributed by atoms with E-state index in [1.54, 1.807) is 18.3 Å². The highest BCUT2D eigenvalue weighted by Gasteiger charge is 2.31. The zero-order valence-corrected chi connectivity index (χ0v) is 14.2. The van der Waals surface area contributed by atoms with Crippen LogP contribution in [-0.2, 0) is 22.7 Å². The Hall–Kier alpha value is -2.26. The van der Waals surface area contributed by atoms with Crippen molar-refractivity contribution in [1.29, 1.82) is 0 Å². The first-order chi connectivity index (χ1) is 11.6. The summed E-state index contributed by atoms with van der Waals surface area (Å²) < 4.78 is 0. The summed E-state index contributed by atoms with van der Waals surface area (Å²) >= 11 is 1.65. The van der Waals surface area contributed by atoms with Crippen molar-refractivity contribution in [2.75, 3.05) is 13.1 Å². The first-order valence-electron chi connectivity index (χ1n) is 7.80. The van der Waals surface area contributed by atoms with Crippen LogP contribution in [0.4, 0.5) is 0 Å². The smallest absolute Gasteiger partial charge is 0.237 e. The number of thiophene rings is 1. The van der Waals surface area contributed by atoms with Crippen molar-refractivity contribution in [1.82, 2.24) is 30.7 Å². The van der Waals surface area contributed by atoms with Gasteiger partial charge >= 0.3 is 0 Å². The van der Waals surface area contributed by atoms with Crippen LogP contribution in [0, 0.1) is 6.92 Å². The van der Waals surface area contributed by atoms with Gasteiger partial charge in [0.05, 0.1) is 19.0 Å². The van der Waals surface area contributed by atoms with Gasteiger partial charge < -0.3 is 10.6 Å². The summed E-state index contributed by atoms with van der Waals surface area (Å²) in [5.74, 6) is 0.954. The molecule has 1 saturated heterocycles. The van der Waals surface area contributed by atoms with Gasteiger partial charge in [-0.25, -0.2) is 4.98 Å². The number of rotatable bonds is 6. The molecule has 0 spiro atoms. The van der Waals surface area contributed by atoms with E-state index in [4.69, 9.17) is 0 Å². The third-order valence-corrected chi connectivity index (χ3v) is 4.71. The number of nitrogens with one attached hydrogen (secondary N) is 3. The monoisotopic (exact) mass is 348 g/mol. The number of hydrogen-bond acceptors (Lipinski definition) is 6. The lowest BCUT2D eigenvalue weighted by Crippen LogP contribution is -2.56. The van der Waals surface area contributed by atoms with Gasteiger partial charge in [0.1, 0.15) is 5.82 Å². The van der Waals surface area contributed by atoms with Gasteiger partial charge in [-0.2, -0.15) is 5.10 Å². The maximum Gasteiger partial charge on any atom is 0.237 e. The van der Waals surface area contributed by atoms with Crippen LogP contribution in [0.3, 0.4) is 0 Å². The molecule has 3 heterocycles. The molecule has 3 rings (SSSR count). The molecule has 0 bridgehead atoms. The molecule has 0 aliphatic carbocycles. The predicted octanol–water partition coefficient (Wildman–Crippen LogP) is 0.182. The van der Waals surface area contributed by atoms with Crippen LogP contribution in [0.2, 0.25) is 0 Å². The van der Waals surface area contributed by atoms with Crippen molar-refractivity contribution in [2.24, 2.45) is 0 Å². The van der Waals surface area contributed by atoms with E-state index >= 15 is 0 Å². The van der Waals surface area contributed by atoms with E-state index < -0.39 is 6.04 Å². The lowest BCUT2D eigenvalue weighted by molar-refractivity contribution is -0.134. The molecule has 8 nitrogen and oxygen atoms in total. The number of piperazine rings is 1. The van der Waals surface area contributed by atoms with Crippen molar-refractivity contribution < 1.29 is 9.59 Å². The van der Waals surface area contributed by atoms with E-state index in [0.717, 1.165) is 6.54 Å². The highest BCUT2D eigenvalue weighted by molar-refractivity contribution is 7.09. The van der Waals surface area contributed by atoms with Crippen LogP contribution in [0.1, 0.15) is 22.9 Å². The Morgan fingerprint density at radius 1 is 1.54 bits per heavy atom. The summed E-state index contributed by atoms with van der Waals surface area (Å²) in [6, 6.07) is 3.58. The minimum Gasteiger partial charge on any atom is -0.353 e. The summed E-state index contributed by atoms with van der Waals surface area (Å²) in [7, 11) is 0. The molecule has 0 radical (unpaired) electrons. The Morgan fingerprint density at radius 2 is 2.42 bits per heavy atom. The van der Waals surface area contributed by atoms with E-state index in [0.29, 0.717) is 24.7 Å². The van der Waals surface area contributed by atoms with Crippen LogP contribution >= 0.6 is 11.3 Å². The molecule has 1 unspecified atom stereocenters. The zero-order chi connectivity index (χ0) is 16.9. The molecule has 128 valence electrons. The molecule has 0 aromatic carbocycles. The van der Waals surface area contributed by atoms with Gasteiger partial charge in [0.15, 0.2) is 5.82 Å². The highest BCUT2D eigenvalue weighted by Crippen LogP contribution is 2.17. The number of aryl methyl sites for hydroxylation is 1. The average Bonchev–Trinajstić information content (AvgIpc) is 3.20. The van der Waals surface area contributed by atoms with Gasteiger partial charge in [-0.3, -0.25) is 19.6 Å². The molecular formula is C15H20N6O2S. The quantitative estimate of drug-likeness (QED) is 0.691. The Morgan fingerprint density at radius 3 is 3.12 bits per heavy atom. The molecule has 1 fully saturated rings. The van der Waals surface area contributed by atoms with Crippen LogP contribution in [0.15, 0.2) is 17.5 Å². The maximum atomic E-state index is 12.2. The molecule has 1 aliphatic rings. The van der Waals surface area contributed by atoms with E-state index in [1.807, 2.05) is 17.5 Å². The standard InChI is InChI=1S/C15H20N6O2S/c1-10-18-13(20-19-10)8-17-14(22)7-12-15(23)16-4-5-21(12)9-11-3-2-6-24-11/h2-3,6,12H,4-5,7-9H2,1H3,(H,16,23)(H,17,22)(H,18,19,20). The molecule has 3 N–H and O–H groups in total. The van der Waals surface area contributed by atoms with E-state index in [2.05, 4.69) is 30.7 Å². The van der Waals surface area contributed by atoms with Gasteiger partial charge in [-0.05, 0) is 18.4 Å². The summed E-state index contributed by atoms with van der Waals surface area (Å²) in [4.78, 5) is 31.8. The number of amides is 2. The zero-order valence-electron chi connectivity index (χ0n) is 13.4. The van der Waals surface area contributed by atoms with Crippen molar-refractivity contribution in [2.45, 2.75) is 32.5 Å². The fraction of sp³-hybridized carbons (Fsp3) is 0.467. The fourth-order valence-corrected chi connectivity index (χ4v) is 3.40. The number of aromatic nitrogens is 3. The molecule has 0 saturated carbocycles. The second kappa shape index (κ2) is 7.54. The normalized spacial score (nSPS) is 18.4. The van der Waals surface area contributed by atoms with Crippen molar-refractivity contribution in [3.05, 3.63) is 34.0 Å². The minimum atomic E-state index is -0.449. The topological polar surface area (TPSA) is 103 Å². The first kappa shape index (κ1) is 16.6. The number of carbonyl (C=O) groups is 2. The third kappa shape index (κ3) is 4.18. The summed E-state index contributed by atoms with van der Waals surface area (Å²) in [5.41, 5.74) is 0. The van der Waals surface area contributed by atoms with E-state index in [9.17, 15) is 9.59 Å². The Labute approximate surface area is 143 Å². The summed E-state index contributed by atoms with van der Waals surface area (Å²) in [6.07, 6.45) is 0.126. The van der Waals surface area contributed by atoms with Gasteiger partial charge in [-0.1, -0.05) is 6.07 Å². The lowest BCUT2D eigenvalue weighted by atomic mass is 10.1. The molecular weight excluding hydrogens is 328 g/mol. The number of aromatic amines is 1. The third-order valence-electron chi connectivity index (χ3n) is 3.85. The fourth-order valence-electron chi connectivity index (χ4n) is 2.67. The SMILES string of the molecule is Cc1nc(CNC(=O)CC2C(=O)NCCN2Cc2cccs2)n[nH]1. The van der Waals surface area contributed by atoms with E-state index in [1.165, 1.54) is 4.88 Å². The molecule has 2 amide bonds. The number of carbonyl (C=O) groups excluding carboxylic acids is 2. The average molecular weight is 348 g/mol. The molecule has 24 heavy (non-hydrogen) atoms. The van der Waals surface area contributed by atoms with Crippen LogP contribution in [-0.4, -0.2) is 51.0 Å². The van der Waals surface area contributed by atoms with Crippen molar-refractivity contribution >= 4 is 23.2 Å². The molecule has 2 aromatic heterocycles. The van der Waals surface area contributed by atoms with Crippen LogP contribution < -0.4 is 10.6 Å². The minimum absolute atomic E-state index is 0.0957. The maximum absolute atomic E-state index is 12.2. The Balaban J connectivity index is 1.57. The molecule has 1 aliphatic heterocycles. The first-order valence-corrected chi connectivity index (χ1v) is 8.68. The van der Waals surface area contributed by atoms with Gasteiger partial charge in [0, 0.05) is 24.5 Å². The molecule has 2 aromatic rings. The van der Waals surface area contributed by atoms with Crippen LogP contribution in [0.5, 0.6) is 0 Å². The Bertz CT molecular complexity index is 699. The number of H-pyrrole nitrogens is 1. The summed E-state index contributed by atoms with van der Waals surface area (Å²) in [5, 5.41) is 14.3.